The summed E-state index contributed by atoms with van der Waals surface area (Å²) >= 11 is 1.91. The van der Waals surface area contributed by atoms with Crippen LogP contribution in [0.15, 0.2) is 12.4 Å². The molecule has 1 heterocycles. The molecular weight excluding hydrogens is 243 g/mol. The maximum Gasteiger partial charge on any atom is 0.149 e. The van der Waals surface area contributed by atoms with Gasteiger partial charge in [0.15, 0.2) is 0 Å². The average Bonchev–Trinajstić information content (AvgIpc) is 1.95. The second-order valence-corrected chi connectivity index (χ2v) is 2.79. The van der Waals surface area contributed by atoms with Gasteiger partial charge in [-0.25, -0.2) is 0 Å². The van der Waals surface area contributed by atoms with Gasteiger partial charge in [-0.05, 0) is 22.6 Å². The Kier molecular flexibility index (Phi) is 2.06. The number of nitrogens with zero attached hydrogens (tertiary/aromatic N) is 2. The van der Waals surface area contributed by atoms with Gasteiger partial charge in [-0.2, -0.15) is 5.26 Å². The summed E-state index contributed by atoms with van der Waals surface area (Å²) in [5.74, 6) is 0.0121. The predicted octanol–water partition coefficient (Wildman–Crippen LogP) is 1.26. The van der Waals surface area contributed by atoms with Crippen LogP contribution in [0.5, 0.6) is 5.75 Å². The molecule has 0 bridgehead atoms. The quantitative estimate of drug-likeness (QED) is 0.701. The number of hydrogen-bond acceptors (Lipinski definition) is 3. The fourth-order valence-corrected chi connectivity index (χ4v) is 0.961. The molecule has 0 aliphatic rings. The molecule has 50 valence electrons. The fourth-order valence-electron chi connectivity index (χ4n) is 0.510. The fraction of sp³-hybridized carbons (Fsp3) is 0. The van der Waals surface area contributed by atoms with Gasteiger partial charge in [0.1, 0.15) is 17.4 Å². The molecule has 1 rings (SSSR count). The predicted molar refractivity (Wildman–Crippen MR) is 43.3 cm³/mol. The van der Waals surface area contributed by atoms with E-state index in [-0.39, 0.29) is 11.3 Å². The summed E-state index contributed by atoms with van der Waals surface area (Å²) in [7, 11) is 0. The summed E-state index contributed by atoms with van der Waals surface area (Å²) in [5.41, 5.74) is 0.215. The molecule has 0 aliphatic heterocycles. The number of aromatic nitrogens is 1. The van der Waals surface area contributed by atoms with Crippen molar-refractivity contribution in [3.63, 3.8) is 0 Å². The van der Waals surface area contributed by atoms with Crippen molar-refractivity contribution >= 4 is 22.6 Å². The maximum atomic E-state index is 9.13. The number of pyridine rings is 1. The molecule has 0 spiro atoms. The lowest BCUT2D eigenvalue weighted by Crippen LogP contribution is -1.82. The Morgan fingerprint density at radius 2 is 2.30 bits per heavy atom. The number of hydrogen-bond donors (Lipinski definition) is 1. The Morgan fingerprint density at radius 1 is 1.60 bits per heavy atom. The van der Waals surface area contributed by atoms with E-state index in [1.165, 1.54) is 12.4 Å². The van der Waals surface area contributed by atoms with E-state index >= 15 is 0 Å². The number of halogens is 1. The highest BCUT2D eigenvalue weighted by atomic mass is 127. The molecule has 0 aliphatic carbocycles. The summed E-state index contributed by atoms with van der Waals surface area (Å²) in [6, 6.07) is 1.82. The largest absolute Gasteiger partial charge is 0.505 e. The Bertz CT molecular complexity index is 292. The highest BCUT2D eigenvalue weighted by Crippen LogP contribution is 2.20. The molecule has 10 heavy (non-hydrogen) atoms. The van der Waals surface area contributed by atoms with E-state index in [0.29, 0.717) is 3.57 Å². The number of nitriles is 1. The molecule has 4 heteroatoms. The zero-order chi connectivity index (χ0) is 7.56. The Labute approximate surface area is 71.5 Å². The molecule has 3 nitrogen and oxygen atoms in total. The summed E-state index contributed by atoms with van der Waals surface area (Å²) in [6.07, 6.45) is 2.83. The lowest BCUT2D eigenvalue weighted by molar-refractivity contribution is 0.468. The van der Waals surface area contributed by atoms with Gasteiger partial charge in [-0.15, -0.1) is 0 Å². The van der Waals surface area contributed by atoms with Crippen LogP contribution >= 0.6 is 22.6 Å². The van der Waals surface area contributed by atoms with E-state index in [0.717, 1.165) is 0 Å². The Balaban J connectivity index is 3.31. The third-order valence-corrected chi connectivity index (χ3v) is 1.78. The van der Waals surface area contributed by atoms with Crippen LogP contribution in [0.4, 0.5) is 0 Å². The van der Waals surface area contributed by atoms with Gasteiger partial charge >= 0.3 is 0 Å². The normalized spacial score (nSPS) is 8.80. The molecule has 1 aromatic heterocycles. The van der Waals surface area contributed by atoms with Crippen LogP contribution in [0, 0.1) is 14.9 Å². The SMILES string of the molecule is N#Cc1cncc(I)c1O. The van der Waals surface area contributed by atoms with Crippen molar-refractivity contribution in [2.45, 2.75) is 0 Å². The first-order chi connectivity index (χ1) is 4.75. The van der Waals surface area contributed by atoms with Crippen LogP contribution in [-0.4, -0.2) is 10.1 Å². The summed E-state index contributed by atoms with van der Waals surface area (Å²) < 4.78 is 0.594. The van der Waals surface area contributed by atoms with Gasteiger partial charge < -0.3 is 5.11 Å². The van der Waals surface area contributed by atoms with Crippen molar-refractivity contribution in [1.29, 1.82) is 5.26 Å². The van der Waals surface area contributed by atoms with Gasteiger partial charge in [-0.3, -0.25) is 4.98 Å². The monoisotopic (exact) mass is 246 g/mol. The number of aromatic hydroxyl groups is 1. The van der Waals surface area contributed by atoms with Crippen molar-refractivity contribution in [1.82, 2.24) is 4.98 Å². The zero-order valence-electron chi connectivity index (χ0n) is 4.87. The third-order valence-electron chi connectivity index (χ3n) is 0.993. The number of rotatable bonds is 0. The molecule has 0 aromatic carbocycles. The zero-order valence-corrected chi connectivity index (χ0v) is 7.03. The van der Waals surface area contributed by atoms with E-state index in [1.807, 2.05) is 28.7 Å². The Morgan fingerprint density at radius 3 is 2.80 bits per heavy atom. The van der Waals surface area contributed by atoms with E-state index in [4.69, 9.17) is 10.4 Å². The average molecular weight is 246 g/mol. The molecule has 0 saturated carbocycles. The van der Waals surface area contributed by atoms with Crippen LogP contribution in [0.25, 0.3) is 0 Å². The second-order valence-electron chi connectivity index (χ2n) is 1.63. The van der Waals surface area contributed by atoms with Crippen molar-refractivity contribution in [2.75, 3.05) is 0 Å². The first kappa shape index (κ1) is 7.28. The molecule has 0 amide bonds. The molecule has 0 unspecified atom stereocenters. The van der Waals surface area contributed by atoms with E-state index in [1.54, 1.807) is 0 Å². The van der Waals surface area contributed by atoms with Crippen LogP contribution in [0.3, 0.4) is 0 Å². The smallest absolute Gasteiger partial charge is 0.149 e. The van der Waals surface area contributed by atoms with Crippen LogP contribution in [-0.2, 0) is 0 Å². The van der Waals surface area contributed by atoms with Crippen molar-refractivity contribution < 1.29 is 5.11 Å². The molecular formula is C6H3IN2O. The first-order valence-electron chi connectivity index (χ1n) is 2.48. The molecule has 0 atom stereocenters. The van der Waals surface area contributed by atoms with Crippen LogP contribution in [0.1, 0.15) is 5.56 Å². The van der Waals surface area contributed by atoms with Gasteiger partial charge in [0.2, 0.25) is 0 Å². The highest BCUT2D eigenvalue weighted by Gasteiger charge is 2.02. The van der Waals surface area contributed by atoms with Gasteiger partial charge in [0.25, 0.3) is 0 Å². The van der Waals surface area contributed by atoms with Gasteiger partial charge in [-0.1, -0.05) is 0 Å². The maximum absolute atomic E-state index is 9.13. The third kappa shape index (κ3) is 1.19. The first-order valence-corrected chi connectivity index (χ1v) is 3.56. The van der Waals surface area contributed by atoms with Gasteiger partial charge in [0.05, 0.1) is 3.57 Å². The standard InChI is InChI=1S/C6H3IN2O/c7-5-3-9-2-4(1-8)6(5)10/h2-3H,(H,9,10). The minimum atomic E-state index is 0.0121. The molecule has 1 aromatic rings. The highest BCUT2D eigenvalue weighted by molar-refractivity contribution is 14.1. The van der Waals surface area contributed by atoms with Crippen molar-refractivity contribution in [3.05, 3.63) is 21.5 Å². The van der Waals surface area contributed by atoms with E-state index in [9.17, 15) is 0 Å². The Hall–Kier alpha value is -0.830. The molecule has 0 fully saturated rings. The minimum Gasteiger partial charge on any atom is -0.505 e. The summed E-state index contributed by atoms with van der Waals surface area (Å²) in [4.78, 5) is 3.73. The van der Waals surface area contributed by atoms with Crippen molar-refractivity contribution in [2.24, 2.45) is 0 Å². The summed E-state index contributed by atoms with van der Waals surface area (Å²) in [6.45, 7) is 0. The minimum absolute atomic E-state index is 0.0121. The van der Waals surface area contributed by atoms with Crippen LogP contribution in [0.2, 0.25) is 0 Å². The van der Waals surface area contributed by atoms with E-state index in [2.05, 4.69) is 4.98 Å². The molecule has 0 radical (unpaired) electrons. The summed E-state index contributed by atoms with van der Waals surface area (Å²) in [5, 5.41) is 17.5. The molecule has 0 saturated heterocycles. The van der Waals surface area contributed by atoms with Gasteiger partial charge in [0, 0.05) is 12.4 Å². The van der Waals surface area contributed by atoms with Crippen molar-refractivity contribution in [3.8, 4) is 11.8 Å². The second kappa shape index (κ2) is 2.84. The lowest BCUT2D eigenvalue weighted by Gasteiger charge is -1.94. The topological polar surface area (TPSA) is 56.9 Å². The molecule has 1 N–H and O–H groups in total. The van der Waals surface area contributed by atoms with E-state index < -0.39 is 0 Å². The van der Waals surface area contributed by atoms with Crippen LogP contribution < -0.4 is 0 Å². The lowest BCUT2D eigenvalue weighted by atomic mass is 10.3.